The van der Waals surface area contributed by atoms with Gasteiger partial charge >= 0.3 is 15.0 Å². The maximum absolute atomic E-state index is 13.1. The SMILES string of the molecule is CC(C)C(NC(=O)c1cc2ccccc2[nH]1)C(=O)NC1CCCN(S(=O)(=O)c2cccc[n+]2[O-])CC1=O. The van der Waals surface area contributed by atoms with Crippen molar-refractivity contribution in [2.45, 2.75) is 43.8 Å². The van der Waals surface area contributed by atoms with Crippen LogP contribution < -0.4 is 15.4 Å². The topological polar surface area (TPSA) is 155 Å². The number of aromatic amines is 1. The Balaban J connectivity index is 1.44. The lowest BCUT2D eigenvalue weighted by Crippen LogP contribution is -2.54. The average Bonchev–Trinajstić information content (AvgIpc) is 3.21. The van der Waals surface area contributed by atoms with Crippen molar-refractivity contribution < 1.29 is 27.5 Å². The third-order valence-corrected chi connectivity index (χ3v) is 8.18. The van der Waals surface area contributed by atoms with E-state index >= 15 is 0 Å². The van der Waals surface area contributed by atoms with Crippen molar-refractivity contribution in [1.29, 1.82) is 0 Å². The Bertz CT molecular complexity index is 1400. The normalized spacial score (nSPS) is 17.9. The molecule has 3 heterocycles. The number of pyridine rings is 1. The molecule has 1 aliphatic heterocycles. The summed E-state index contributed by atoms with van der Waals surface area (Å²) in [6.45, 7) is 3.10. The third-order valence-electron chi connectivity index (χ3n) is 6.34. The summed E-state index contributed by atoms with van der Waals surface area (Å²) in [6, 6.07) is 11.3. The van der Waals surface area contributed by atoms with Crippen molar-refractivity contribution in [3.8, 4) is 0 Å². The second kappa shape index (κ2) is 10.7. The number of para-hydroxylation sites is 1. The lowest BCUT2D eigenvalue weighted by molar-refractivity contribution is -0.646. The van der Waals surface area contributed by atoms with E-state index in [0.29, 0.717) is 12.1 Å². The van der Waals surface area contributed by atoms with E-state index in [-0.39, 0.29) is 23.6 Å². The molecule has 0 spiro atoms. The minimum atomic E-state index is -4.20. The molecular weight excluding hydrogens is 498 g/mol. The van der Waals surface area contributed by atoms with Crippen LogP contribution in [0.3, 0.4) is 0 Å². The van der Waals surface area contributed by atoms with Gasteiger partial charge in [-0.05, 0) is 37.0 Å². The second-order valence-corrected chi connectivity index (χ2v) is 11.2. The van der Waals surface area contributed by atoms with Gasteiger partial charge in [-0.15, -0.1) is 0 Å². The van der Waals surface area contributed by atoms with E-state index in [4.69, 9.17) is 0 Å². The molecule has 0 aliphatic carbocycles. The molecule has 37 heavy (non-hydrogen) atoms. The van der Waals surface area contributed by atoms with Crippen LogP contribution in [-0.2, 0) is 19.6 Å². The molecule has 2 unspecified atom stereocenters. The van der Waals surface area contributed by atoms with E-state index in [2.05, 4.69) is 15.6 Å². The number of nitrogens with one attached hydrogen (secondary N) is 3. The van der Waals surface area contributed by atoms with E-state index in [9.17, 15) is 28.0 Å². The van der Waals surface area contributed by atoms with Gasteiger partial charge in [-0.25, -0.2) is 8.42 Å². The summed E-state index contributed by atoms with van der Waals surface area (Å²) < 4.78 is 27.1. The maximum atomic E-state index is 13.1. The zero-order valence-corrected chi connectivity index (χ0v) is 21.3. The number of carbonyl (C=O) groups excluding carboxylic acids is 3. The molecule has 3 N–H and O–H groups in total. The predicted octanol–water partition coefficient (Wildman–Crippen LogP) is 1.09. The molecule has 11 nitrogen and oxygen atoms in total. The number of carbonyl (C=O) groups is 3. The quantitative estimate of drug-likeness (QED) is 0.309. The van der Waals surface area contributed by atoms with Crippen molar-refractivity contribution in [2.75, 3.05) is 13.1 Å². The summed E-state index contributed by atoms with van der Waals surface area (Å²) in [5.41, 5.74) is 1.10. The fourth-order valence-electron chi connectivity index (χ4n) is 4.31. The first-order valence-electron chi connectivity index (χ1n) is 12.0. The molecule has 2 amide bonds. The van der Waals surface area contributed by atoms with E-state index in [1.165, 1.54) is 18.2 Å². The fraction of sp³-hybridized carbons (Fsp3) is 0.360. The van der Waals surface area contributed by atoms with Gasteiger partial charge in [0.05, 0.1) is 12.6 Å². The first-order valence-corrected chi connectivity index (χ1v) is 13.4. The monoisotopic (exact) mass is 527 g/mol. The largest absolute Gasteiger partial charge is 0.618 e. The van der Waals surface area contributed by atoms with Crippen molar-refractivity contribution in [1.82, 2.24) is 19.9 Å². The Labute approximate surface area is 214 Å². The van der Waals surface area contributed by atoms with E-state index in [0.717, 1.165) is 21.4 Å². The molecule has 196 valence electrons. The molecule has 12 heteroatoms. The lowest BCUT2D eigenvalue weighted by atomic mass is 10.0. The van der Waals surface area contributed by atoms with Crippen LogP contribution in [-0.4, -0.2) is 60.5 Å². The van der Waals surface area contributed by atoms with Crippen LogP contribution in [0.4, 0.5) is 0 Å². The lowest BCUT2D eigenvalue weighted by Gasteiger charge is -2.24. The number of nitrogens with zero attached hydrogens (tertiary/aromatic N) is 2. The summed E-state index contributed by atoms with van der Waals surface area (Å²) >= 11 is 0. The van der Waals surface area contributed by atoms with Crippen LogP contribution >= 0.6 is 0 Å². The number of benzene rings is 1. The summed E-state index contributed by atoms with van der Waals surface area (Å²) in [4.78, 5) is 42.0. The van der Waals surface area contributed by atoms with Gasteiger partial charge in [0.15, 0.2) is 12.0 Å². The first kappa shape index (κ1) is 26.3. The van der Waals surface area contributed by atoms with Crippen LogP contribution in [0.1, 0.15) is 37.2 Å². The molecule has 1 saturated heterocycles. The highest BCUT2D eigenvalue weighted by atomic mass is 32.2. The molecule has 3 aromatic rings. The number of Topliss-reactive ketones (excluding diaryl/α,β-unsaturated/α-hetero) is 1. The summed E-state index contributed by atoms with van der Waals surface area (Å²) in [5, 5.41) is 17.8. The number of hydrogen-bond donors (Lipinski definition) is 3. The predicted molar refractivity (Wildman–Crippen MR) is 135 cm³/mol. The maximum Gasteiger partial charge on any atom is 0.323 e. The van der Waals surface area contributed by atoms with Crippen molar-refractivity contribution >= 4 is 38.5 Å². The van der Waals surface area contributed by atoms with Gasteiger partial charge in [-0.2, -0.15) is 9.04 Å². The van der Waals surface area contributed by atoms with Crippen LogP contribution in [0, 0.1) is 11.1 Å². The molecule has 0 saturated carbocycles. The number of rotatable bonds is 7. The minimum Gasteiger partial charge on any atom is -0.618 e. The minimum absolute atomic E-state index is 0.0278. The Morgan fingerprint density at radius 2 is 1.89 bits per heavy atom. The van der Waals surface area contributed by atoms with Gasteiger partial charge in [-0.1, -0.05) is 32.0 Å². The summed E-state index contributed by atoms with van der Waals surface area (Å²) in [5.74, 6) is -1.76. The molecule has 2 atom stereocenters. The molecule has 0 bridgehead atoms. The first-order chi connectivity index (χ1) is 17.6. The molecule has 1 fully saturated rings. The van der Waals surface area contributed by atoms with Gasteiger partial charge in [0.1, 0.15) is 11.7 Å². The van der Waals surface area contributed by atoms with E-state index in [1.54, 1.807) is 19.9 Å². The Kier molecular flexibility index (Phi) is 7.60. The van der Waals surface area contributed by atoms with Crippen LogP contribution in [0.5, 0.6) is 0 Å². The molecule has 2 aromatic heterocycles. The Hall–Kier alpha value is -3.77. The smallest absolute Gasteiger partial charge is 0.323 e. The van der Waals surface area contributed by atoms with Crippen molar-refractivity contribution in [2.24, 2.45) is 5.92 Å². The number of ketones is 1. The standard InChI is InChI=1S/C25H29N5O6S/c1-16(2)23(28-24(32)20-14-17-8-3-4-9-18(17)26-20)25(33)27-19-10-7-12-29(15-21(19)31)37(35,36)22-11-5-6-13-30(22)34/h3-6,8-9,11,13-14,16,19,23,26H,7,10,12,15H2,1-2H3,(H,27,33)(H,28,32). The highest BCUT2D eigenvalue weighted by molar-refractivity contribution is 7.89. The van der Waals surface area contributed by atoms with Crippen LogP contribution in [0.2, 0.25) is 0 Å². The zero-order chi connectivity index (χ0) is 26.7. The zero-order valence-electron chi connectivity index (χ0n) is 20.5. The molecule has 4 rings (SSSR count). The number of sulfonamides is 1. The van der Waals surface area contributed by atoms with Gasteiger partial charge in [0.2, 0.25) is 5.91 Å². The second-order valence-electron chi connectivity index (χ2n) is 9.34. The van der Waals surface area contributed by atoms with Gasteiger partial charge in [0, 0.05) is 29.6 Å². The highest BCUT2D eigenvalue weighted by Crippen LogP contribution is 2.18. The Morgan fingerprint density at radius 3 is 2.59 bits per heavy atom. The van der Waals surface area contributed by atoms with Crippen molar-refractivity contribution in [3.05, 3.63) is 65.6 Å². The Morgan fingerprint density at radius 1 is 1.16 bits per heavy atom. The van der Waals surface area contributed by atoms with E-state index < -0.39 is 51.3 Å². The molecule has 1 aliphatic rings. The number of H-pyrrole nitrogens is 1. The van der Waals surface area contributed by atoms with E-state index in [1.807, 2.05) is 24.3 Å². The van der Waals surface area contributed by atoms with Crippen LogP contribution in [0.15, 0.2) is 59.8 Å². The van der Waals surface area contributed by atoms with Gasteiger partial charge in [0.25, 0.3) is 5.91 Å². The van der Waals surface area contributed by atoms with Gasteiger partial charge in [-0.3, -0.25) is 14.4 Å². The number of hydrogen-bond acceptors (Lipinski definition) is 6. The molecule has 0 radical (unpaired) electrons. The summed E-state index contributed by atoms with van der Waals surface area (Å²) in [6.07, 6.45) is 1.60. The summed E-state index contributed by atoms with van der Waals surface area (Å²) in [7, 11) is -4.20. The number of fused-ring (bicyclic) bond motifs is 1. The number of amides is 2. The molecule has 1 aromatic carbocycles. The number of aromatic nitrogens is 2. The van der Waals surface area contributed by atoms with Crippen molar-refractivity contribution in [3.63, 3.8) is 0 Å². The molecular formula is C25H29N5O6S. The fourth-order valence-corrected chi connectivity index (χ4v) is 5.78. The third kappa shape index (κ3) is 5.65. The average molecular weight is 528 g/mol. The highest BCUT2D eigenvalue weighted by Gasteiger charge is 2.37. The van der Waals surface area contributed by atoms with Gasteiger partial charge < -0.3 is 20.8 Å². The van der Waals surface area contributed by atoms with Crippen LogP contribution in [0.25, 0.3) is 10.9 Å².